The van der Waals surface area contributed by atoms with Crippen molar-refractivity contribution in [1.82, 2.24) is 4.72 Å². The quantitative estimate of drug-likeness (QED) is 0.900. The van der Waals surface area contributed by atoms with Crippen molar-refractivity contribution in [1.29, 1.82) is 0 Å². The Morgan fingerprint density at radius 2 is 2.06 bits per heavy atom. The Morgan fingerprint density at radius 1 is 1.39 bits per heavy atom. The maximum Gasteiger partial charge on any atom is 0.240 e. The van der Waals surface area contributed by atoms with Crippen LogP contribution in [0.15, 0.2) is 27.6 Å². The lowest BCUT2D eigenvalue weighted by Gasteiger charge is -2.15. The summed E-state index contributed by atoms with van der Waals surface area (Å²) in [5, 5.41) is 0. The lowest BCUT2D eigenvalue weighted by Crippen LogP contribution is -2.30. The monoisotopic (exact) mass is 331 g/mol. The maximum absolute atomic E-state index is 12.3. The number of hydrogen-bond donors (Lipinski definition) is 1. The Balaban J connectivity index is 2.18. The Bertz CT molecular complexity index is 550. The predicted octanol–water partition coefficient (Wildman–Crippen LogP) is 3.23. The minimum Gasteiger partial charge on any atom is -0.211 e. The second-order valence-corrected chi connectivity index (χ2v) is 7.74. The zero-order valence-corrected chi connectivity index (χ0v) is 13.1. The Morgan fingerprint density at radius 3 is 2.61 bits per heavy atom. The molecule has 0 atom stereocenters. The van der Waals surface area contributed by atoms with Crippen molar-refractivity contribution in [3.05, 3.63) is 28.2 Å². The number of rotatable bonds is 5. The highest BCUT2D eigenvalue weighted by molar-refractivity contribution is 9.10. The summed E-state index contributed by atoms with van der Waals surface area (Å²) in [5.74, 6) is 0. The van der Waals surface area contributed by atoms with Gasteiger partial charge in [0.25, 0.3) is 0 Å². The Hall–Kier alpha value is -0.390. The van der Waals surface area contributed by atoms with Crippen LogP contribution in [0, 0.1) is 12.3 Å². The fourth-order valence-electron chi connectivity index (χ4n) is 2.02. The molecule has 1 saturated carbocycles. The third-order valence-electron chi connectivity index (χ3n) is 3.78. The van der Waals surface area contributed by atoms with E-state index in [1.807, 2.05) is 19.1 Å². The second kappa shape index (κ2) is 4.94. The van der Waals surface area contributed by atoms with Crippen LogP contribution in [0.1, 0.15) is 31.7 Å². The van der Waals surface area contributed by atoms with Crippen LogP contribution < -0.4 is 4.72 Å². The van der Waals surface area contributed by atoms with Crippen LogP contribution >= 0.6 is 15.9 Å². The first-order valence-electron chi connectivity index (χ1n) is 6.14. The van der Waals surface area contributed by atoms with Crippen LogP contribution in [-0.2, 0) is 10.0 Å². The summed E-state index contributed by atoms with van der Waals surface area (Å²) in [5.41, 5.74) is 0.986. The SMILES string of the molecule is CCC1(CNS(=O)(=O)c2cc(Br)ccc2C)CC1. The fourth-order valence-corrected chi connectivity index (χ4v) is 3.96. The largest absolute Gasteiger partial charge is 0.240 e. The molecule has 0 radical (unpaired) electrons. The van der Waals surface area contributed by atoms with E-state index < -0.39 is 10.0 Å². The van der Waals surface area contributed by atoms with E-state index in [2.05, 4.69) is 27.6 Å². The van der Waals surface area contributed by atoms with Crippen molar-refractivity contribution in [3.8, 4) is 0 Å². The van der Waals surface area contributed by atoms with Gasteiger partial charge in [0.05, 0.1) is 4.90 Å². The number of sulfonamides is 1. The lowest BCUT2D eigenvalue weighted by atomic mass is 10.1. The average molecular weight is 332 g/mol. The molecule has 1 aliphatic carbocycles. The van der Waals surface area contributed by atoms with E-state index in [1.165, 1.54) is 0 Å². The van der Waals surface area contributed by atoms with Crippen molar-refractivity contribution in [2.24, 2.45) is 5.41 Å². The van der Waals surface area contributed by atoms with Crippen molar-refractivity contribution in [2.45, 2.75) is 38.0 Å². The number of halogens is 1. The zero-order valence-electron chi connectivity index (χ0n) is 10.7. The minimum absolute atomic E-state index is 0.215. The molecule has 0 unspecified atom stereocenters. The Labute approximate surface area is 117 Å². The van der Waals surface area contributed by atoms with Gasteiger partial charge in [0.1, 0.15) is 0 Å². The fraction of sp³-hybridized carbons (Fsp3) is 0.538. The predicted molar refractivity (Wildman–Crippen MR) is 76.0 cm³/mol. The normalized spacial score (nSPS) is 17.7. The summed E-state index contributed by atoms with van der Waals surface area (Å²) in [6.45, 7) is 4.48. The summed E-state index contributed by atoms with van der Waals surface area (Å²) >= 11 is 3.31. The van der Waals surface area contributed by atoms with Gasteiger partial charge in [0.15, 0.2) is 0 Å². The van der Waals surface area contributed by atoms with E-state index >= 15 is 0 Å². The first-order valence-corrected chi connectivity index (χ1v) is 8.42. The van der Waals surface area contributed by atoms with Crippen LogP contribution in [0.3, 0.4) is 0 Å². The molecule has 0 aliphatic heterocycles. The summed E-state index contributed by atoms with van der Waals surface area (Å²) in [4.78, 5) is 0.365. The average Bonchev–Trinajstić information content (AvgIpc) is 3.11. The highest BCUT2D eigenvalue weighted by Crippen LogP contribution is 2.48. The van der Waals surface area contributed by atoms with Gasteiger partial charge in [-0.2, -0.15) is 0 Å². The van der Waals surface area contributed by atoms with E-state index in [1.54, 1.807) is 6.07 Å². The van der Waals surface area contributed by atoms with Crippen molar-refractivity contribution < 1.29 is 8.42 Å². The molecule has 5 heteroatoms. The third kappa shape index (κ3) is 2.95. The maximum atomic E-state index is 12.3. The van der Waals surface area contributed by atoms with Crippen molar-refractivity contribution in [3.63, 3.8) is 0 Å². The highest BCUT2D eigenvalue weighted by atomic mass is 79.9. The molecule has 18 heavy (non-hydrogen) atoms. The summed E-state index contributed by atoms with van der Waals surface area (Å²) in [7, 11) is -3.40. The molecule has 0 aromatic heterocycles. The first kappa shape index (κ1) is 14.0. The molecule has 0 saturated heterocycles. The van der Waals surface area contributed by atoms with E-state index in [0.717, 1.165) is 29.3 Å². The van der Waals surface area contributed by atoms with E-state index in [-0.39, 0.29) is 5.41 Å². The van der Waals surface area contributed by atoms with Gasteiger partial charge < -0.3 is 0 Å². The molecule has 1 fully saturated rings. The summed E-state index contributed by atoms with van der Waals surface area (Å²) in [6.07, 6.45) is 3.29. The van der Waals surface area contributed by atoms with Gasteiger partial charge in [-0.1, -0.05) is 28.9 Å². The topological polar surface area (TPSA) is 46.2 Å². The van der Waals surface area contributed by atoms with Gasteiger partial charge in [0.2, 0.25) is 10.0 Å². The lowest BCUT2D eigenvalue weighted by molar-refractivity contribution is 0.475. The molecule has 0 spiro atoms. The number of hydrogen-bond acceptors (Lipinski definition) is 2. The minimum atomic E-state index is -3.40. The standard InChI is InChI=1S/C13H18BrNO2S/c1-3-13(6-7-13)9-15-18(16,17)12-8-11(14)5-4-10(12)2/h4-5,8,15H,3,6-7,9H2,1-2H3. The molecule has 1 N–H and O–H groups in total. The Kier molecular flexibility index (Phi) is 3.85. The van der Waals surface area contributed by atoms with E-state index in [4.69, 9.17) is 0 Å². The number of nitrogens with one attached hydrogen (secondary N) is 1. The number of benzene rings is 1. The molecule has 1 aromatic carbocycles. The molecular weight excluding hydrogens is 314 g/mol. The van der Waals surface area contributed by atoms with Crippen LogP contribution in [0.2, 0.25) is 0 Å². The van der Waals surface area contributed by atoms with Gasteiger partial charge in [-0.3, -0.25) is 0 Å². The van der Waals surface area contributed by atoms with Gasteiger partial charge in [-0.15, -0.1) is 0 Å². The molecule has 0 heterocycles. The van der Waals surface area contributed by atoms with Crippen molar-refractivity contribution >= 4 is 26.0 Å². The van der Waals surface area contributed by atoms with E-state index in [0.29, 0.717) is 11.4 Å². The van der Waals surface area contributed by atoms with Crippen LogP contribution in [-0.4, -0.2) is 15.0 Å². The molecule has 100 valence electrons. The zero-order chi connectivity index (χ0) is 13.4. The van der Waals surface area contributed by atoms with E-state index in [9.17, 15) is 8.42 Å². The van der Waals surface area contributed by atoms with Crippen LogP contribution in [0.5, 0.6) is 0 Å². The van der Waals surface area contributed by atoms with Crippen LogP contribution in [0.25, 0.3) is 0 Å². The third-order valence-corrected chi connectivity index (χ3v) is 5.82. The van der Waals surface area contributed by atoms with Gasteiger partial charge >= 0.3 is 0 Å². The highest BCUT2D eigenvalue weighted by Gasteiger charge is 2.41. The smallest absolute Gasteiger partial charge is 0.211 e. The van der Waals surface area contributed by atoms with Gasteiger partial charge in [-0.05, 0) is 49.3 Å². The summed E-state index contributed by atoms with van der Waals surface area (Å²) < 4.78 is 28.1. The summed E-state index contributed by atoms with van der Waals surface area (Å²) in [6, 6.07) is 5.32. The second-order valence-electron chi connectivity index (χ2n) is 5.09. The molecule has 1 aromatic rings. The van der Waals surface area contributed by atoms with Crippen molar-refractivity contribution in [2.75, 3.05) is 6.54 Å². The molecular formula is C13H18BrNO2S. The van der Waals surface area contributed by atoms with Crippen LogP contribution in [0.4, 0.5) is 0 Å². The molecule has 0 bridgehead atoms. The molecule has 1 aliphatic rings. The first-order chi connectivity index (χ1) is 8.38. The molecule has 0 amide bonds. The molecule has 3 nitrogen and oxygen atoms in total. The van der Waals surface area contributed by atoms with Gasteiger partial charge in [-0.25, -0.2) is 13.1 Å². The molecule has 2 rings (SSSR count). The number of aryl methyl sites for hydroxylation is 1. The van der Waals surface area contributed by atoms with Gasteiger partial charge in [0, 0.05) is 11.0 Å².